The van der Waals surface area contributed by atoms with Gasteiger partial charge in [0.05, 0.1) is 6.61 Å². The van der Waals surface area contributed by atoms with E-state index in [1.807, 2.05) is 0 Å². The summed E-state index contributed by atoms with van der Waals surface area (Å²) in [6.07, 6.45) is 25.3. The second kappa shape index (κ2) is 13.8. The van der Waals surface area contributed by atoms with Gasteiger partial charge in [-0.3, -0.25) is 0 Å². The molecule has 0 amide bonds. The van der Waals surface area contributed by atoms with Crippen molar-refractivity contribution in [2.75, 3.05) is 6.61 Å². The Balaban J connectivity index is 1.17. The van der Waals surface area contributed by atoms with Crippen molar-refractivity contribution in [3.63, 3.8) is 0 Å². The van der Waals surface area contributed by atoms with Gasteiger partial charge in [0, 0.05) is 0 Å². The molecule has 0 N–H and O–H groups in total. The summed E-state index contributed by atoms with van der Waals surface area (Å²) in [5.74, 6) is 3.99. The SMILES string of the molecule is C=CCCOc1ccc(CC/C=C/C2CCC(C3CCC4CC(CCC)CCC4C3)CC2)c(F)c1F. The first-order chi connectivity index (χ1) is 17.6. The minimum absolute atomic E-state index is 0.0111. The molecular weight excluding hydrogens is 450 g/mol. The first-order valence-electron chi connectivity index (χ1n) is 15.0. The van der Waals surface area contributed by atoms with Crippen LogP contribution >= 0.6 is 0 Å². The van der Waals surface area contributed by atoms with Crippen LogP contribution in [0.1, 0.15) is 102 Å². The van der Waals surface area contributed by atoms with Gasteiger partial charge in [0.15, 0.2) is 11.6 Å². The van der Waals surface area contributed by atoms with Gasteiger partial charge in [-0.05, 0) is 124 Å². The van der Waals surface area contributed by atoms with Gasteiger partial charge in [-0.1, -0.05) is 50.5 Å². The van der Waals surface area contributed by atoms with Crippen molar-refractivity contribution in [3.05, 3.63) is 54.1 Å². The maximum Gasteiger partial charge on any atom is 0.200 e. The van der Waals surface area contributed by atoms with Crippen LogP contribution in [0.4, 0.5) is 8.78 Å². The Labute approximate surface area is 218 Å². The lowest BCUT2D eigenvalue weighted by Crippen LogP contribution is -2.34. The summed E-state index contributed by atoms with van der Waals surface area (Å²) in [6, 6.07) is 3.21. The smallest absolute Gasteiger partial charge is 0.200 e. The zero-order valence-electron chi connectivity index (χ0n) is 22.5. The molecule has 4 atom stereocenters. The summed E-state index contributed by atoms with van der Waals surface area (Å²) in [5.41, 5.74) is 0.427. The van der Waals surface area contributed by atoms with E-state index in [2.05, 4.69) is 25.7 Å². The molecule has 36 heavy (non-hydrogen) atoms. The molecule has 0 saturated heterocycles. The third-order valence-corrected chi connectivity index (χ3v) is 9.64. The number of hydrogen-bond acceptors (Lipinski definition) is 1. The van der Waals surface area contributed by atoms with Gasteiger partial charge in [0.2, 0.25) is 5.82 Å². The number of rotatable bonds is 11. The number of fused-ring (bicyclic) bond motifs is 1. The van der Waals surface area contributed by atoms with Crippen molar-refractivity contribution in [2.45, 2.75) is 103 Å². The highest BCUT2D eigenvalue weighted by atomic mass is 19.2. The van der Waals surface area contributed by atoms with E-state index >= 15 is 0 Å². The Morgan fingerprint density at radius 3 is 2.31 bits per heavy atom. The second-order valence-corrected chi connectivity index (χ2v) is 12.0. The molecule has 200 valence electrons. The molecule has 0 aromatic heterocycles. The number of allylic oxidation sites excluding steroid dienone is 2. The van der Waals surface area contributed by atoms with Gasteiger partial charge in [-0.15, -0.1) is 6.58 Å². The van der Waals surface area contributed by atoms with Gasteiger partial charge in [-0.25, -0.2) is 4.39 Å². The van der Waals surface area contributed by atoms with E-state index in [1.54, 1.807) is 18.2 Å². The molecule has 0 radical (unpaired) electrons. The lowest BCUT2D eigenvalue weighted by molar-refractivity contribution is 0.0606. The van der Waals surface area contributed by atoms with Crippen molar-refractivity contribution in [1.82, 2.24) is 0 Å². The molecule has 0 spiro atoms. The van der Waals surface area contributed by atoms with Crippen molar-refractivity contribution < 1.29 is 13.5 Å². The van der Waals surface area contributed by atoms with Gasteiger partial charge in [0.25, 0.3) is 0 Å². The summed E-state index contributed by atoms with van der Waals surface area (Å²) in [4.78, 5) is 0. The Bertz CT molecular complexity index is 853. The van der Waals surface area contributed by atoms with Crippen molar-refractivity contribution >= 4 is 0 Å². The zero-order valence-corrected chi connectivity index (χ0v) is 22.5. The Hall–Kier alpha value is -1.64. The predicted molar refractivity (Wildman–Crippen MR) is 146 cm³/mol. The van der Waals surface area contributed by atoms with Crippen LogP contribution in [0.5, 0.6) is 5.75 Å². The Morgan fingerprint density at radius 1 is 0.861 bits per heavy atom. The number of halogens is 2. The van der Waals surface area contributed by atoms with Gasteiger partial charge < -0.3 is 4.74 Å². The van der Waals surface area contributed by atoms with Crippen molar-refractivity contribution in [1.29, 1.82) is 0 Å². The zero-order chi connectivity index (χ0) is 25.3. The van der Waals surface area contributed by atoms with Crippen molar-refractivity contribution in [3.8, 4) is 5.75 Å². The molecule has 1 aromatic rings. The van der Waals surface area contributed by atoms with Gasteiger partial charge in [-0.2, -0.15) is 4.39 Å². The molecule has 4 rings (SSSR count). The summed E-state index contributed by atoms with van der Waals surface area (Å²) >= 11 is 0. The van der Waals surface area contributed by atoms with Crippen LogP contribution in [0.25, 0.3) is 0 Å². The fraction of sp³-hybridized carbons (Fsp3) is 0.697. The van der Waals surface area contributed by atoms with E-state index in [-0.39, 0.29) is 5.75 Å². The molecule has 1 aromatic carbocycles. The summed E-state index contributed by atoms with van der Waals surface area (Å²) in [5, 5.41) is 0. The summed E-state index contributed by atoms with van der Waals surface area (Å²) in [6.45, 7) is 6.27. The first-order valence-corrected chi connectivity index (χ1v) is 15.0. The van der Waals surface area contributed by atoms with E-state index in [0.717, 1.165) is 36.0 Å². The van der Waals surface area contributed by atoms with Crippen molar-refractivity contribution in [2.24, 2.45) is 35.5 Å². The van der Waals surface area contributed by atoms with Crippen LogP contribution in [0.2, 0.25) is 0 Å². The molecule has 0 bridgehead atoms. The van der Waals surface area contributed by atoms with E-state index < -0.39 is 11.6 Å². The molecule has 3 aliphatic carbocycles. The Kier molecular flexibility index (Phi) is 10.5. The minimum Gasteiger partial charge on any atom is -0.490 e. The van der Waals surface area contributed by atoms with E-state index in [1.165, 1.54) is 77.0 Å². The lowest BCUT2D eigenvalue weighted by Gasteiger charge is -2.45. The molecule has 3 saturated carbocycles. The molecule has 1 nitrogen and oxygen atoms in total. The molecule has 0 aliphatic heterocycles. The topological polar surface area (TPSA) is 9.23 Å². The number of ether oxygens (including phenoxy) is 1. The van der Waals surface area contributed by atoms with Crippen LogP contribution in [-0.4, -0.2) is 6.61 Å². The highest BCUT2D eigenvalue weighted by Crippen LogP contribution is 2.49. The quantitative estimate of drug-likeness (QED) is 0.218. The molecule has 4 unspecified atom stereocenters. The van der Waals surface area contributed by atoms with Crippen LogP contribution < -0.4 is 4.74 Å². The average molecular weight is 499 g/mol. The summed E-state index contributed by atoms with van der Waals surface area (Å²) < 4.78 is 34.0. The predicted octanol–water partition coefficient (Wildman–Crippen LogP) is 9.85. The normalized spacial score (nSPS) is 30.8. The third-order valence-electron chi connectivity index (χ3n) is 9.64. The fourth-order valence-electron chi connectivity index (χ4n) is 7.59. The number of aryl methyl sites for hydroxylation is 1. The van der Waals surface area contributed by atoms with E-state index in [9.17, 15) is 8.78 Å². The Morgan fingerprint density at radius 2 is 1.56 bits per heavy atom. The highest BCUT2D eigenvalue weighted by molar-refractivity contribution is 5.31. The average Bonchev–Trinajstić information content (AvgIpc) is 2.90. The third kappa shape index (κ3) is 7.23. The number of hydrogen-bond donors (Lipinski definition) is 0. The molecule has 0 heterocycles. The largest absolute Gasteiger partial charge is 0.490 e. The van der Waals surface area contributed by atoms with Crippen LogP contribution in [0, 0.1) is 47.1 Å². The van der Waals surface area contributed by atoms with Crippen LogP contribution in [0.15, 0.2) is 36.9 Å². The maximum absolute atomic E-state index is 14.4. The van der Waals surface area contributed by atoms with Crippen LogP contribution in [-0.2, 0) is 6.42 Å². The maximum atomic E-state index is 14.4. The first kappa shape index (κ1) is 27.4. The lowest BCUT2D eigenvalue weighted by atomic mass is 9.60. The van der Waals surface area contributed by atoms with Gasteiger partial charge >= 0.3 is 0 Å². The molecular formula is C33H48F2O. The minimum atomic E-state index is -0.873. The number of benzene rings is 1. The van der Waals surface area contributed by atoms with Gasteiger partial charge in [0.1, 0.15) is 0 Å². The molecule has 3 aliphatic rings. The monoisotopic (exact) mass is 498 g/mol. The van der Waals surface area contributed by atoms with Crippen LogP contribution in [0.3, 0.4) is 0 Å². The highest BCUT2D eigenvalue weighted by Gasteiger charge is 2.38. The van der Waals surface area contributed by atoms with E-state index in [4.69, 9.17) is 4.74 Å². The fourth-order valence-corrected chi connectivity index (χ4v) is 7.59. The standard InChI is InChI=1S/C33H48F2O/c1-3-5-21-36-31-20-19-27(32(34)33(31)35)10-7-6-9-24-11-14-26(15-12-24)29-18-17-28-22-25(8-4-2)13-16-30(28)23-29/h3,6,9,19-20,24-26,28-30H,1,4-5,7-8,10-18,21-23H2,2H3/b9-6+. The van der Waals surface area contributed by atoms with E-state index in [0.29, 0.717) is 30.9 Å². The molecule has 3 heteroatoms. The summed E-state index contributed by atoms with van der Waals surface area (Å²) in [7, 11) is 0. The second-order valence-electron chi connectivity index (χ2n) is 12.0. The molecule has 3 fully saturated rings.